The maximum Gasteiger partial charge on any atom is 0.269 e. The number of hydrogen-bond donors (Lipinski definition) is 0. The van der Waals surface area contributed by atoms with Gasteiger partial charge >= 0.3 is 0 Å². The van der Waals surface area contributed by atoms with Crippen LogP contribution in [0.15, 0.2) is 72.8 Å². The Hall–Kier alpha value is -3.62. The van der Waals surface area contributed by atoms with Crippen molar-refractivity contribution in [2.75, 3.05) is 0 Å². The van der Waals surface area contributed by atoms with E-state index in [1.54, 1.807) is 36.4 Å². The number of ether oxygens (including phenoxy) is 1. The van der Waals surface area contributed by atoms with Gasteiger partial charge in [0.25, 0.3) is 5.69 Å². The fourth-order valence-electron chi connectivity index (χ4n) is 2.60. The minimum atomic E-state index is -0.440. The van der Waals surface area contributed by atoms with Crippen LogP contribution < -0.4 is 4.74 Å². The van der Waals surface area contributed by atoms with Crippen molar-refractivity contribution in [1.29, 1.82) is 5.26 Å². The van der Waals surface area contributed by atoms with E-state index in [1.807, 2.05) is 30.3 Å². The fourth-order valence-corrected chi connectivity index (χ4v) is 2.79. The van der Waals surface area contributed by atoms with Gasteiger partial charge in [-0.05, 0) is 47.5 Å². The van der Waals surface area contributed by atoms with Crippen molar-refractivity contribution in [3.05, 3.63) is 105 Å². The molecular formula is C22H15ClN2O3. The summed E-state index contributed by atoms with van der Waals surface area (Å²) < 4.78 is 5.88. The molecule has 0 aliphatic carbocycles. The zero-order valence-electron chi connectivity index (χ0n) is 14.7. The monoisotopic (exact) mass is 390 g/mol. The van der Waals surface area contributed by atoms with Crippen LogP contribution in [0.3, 0.4) is 0 Å². The van der Waals surface area contributed by atoms with Gasteiger partial charge in [0.15, 0.2) is 0 Å². The number of rotatable bonds is 6. The summed E-state index contributed by atoms with van der Waals surface area (Å²) in [6.07, 6.45) is 1.75. The number of hydrogen-bond acceptors (Lipinski definition) is 4. The smallest absolute Gasteiger partial charge is 0.269 e. The van der Waals surface area contributed by atoms with Crippen LogP contribution in [0.1, 0.15) is 16.7 Å². The van der Waals surface area contributed by atoms with Crippen molar-refractivity contribution in [2.24, 2.45) is 0 Å². The van der Waals surface area contributed by atoms with E-state index in [2.05, 4.69) is 6.07 Å². The van der Waals surface area contributed by atoms with E-state index >= 15 is 0 Å². The maximum atomic E-state index is 10.7. The molecule has 0 fully saturated rings. The Morgan fingerprint density at radius 1 is 1.11 bits per heavy atom. The Kier molecular flexibility index (Phi) is 6.05. The quantitative estimate of drug-likeness (QED) is 0.227. The number of para-hydroxylation sites is 1. The topological polar surface area (TPSA) is 76.2 Å². The number of nitrogens with zero attached hydrogens (tertiary/aromatic N) is 2. The van der Waals surface area contributed by atoms with Crippen molar-refractivity contribution >= 4 is 28.9 Å². The summed E-state index contributed by atoms with van der Waals surface area (Å²) in [5.74, 6) is 0.607. The SMILES string of the molecule is N#C/C(=C/c1ccccc1OCc1ccc([N+](=O)[O-])cc1)c1cccc(Cl)c1. The lowest BCUT2D eigenvalue weighted by Crippen LogP contribution is -1.97. The Labute approximate surface area is 167 Å². The number of nitro benzene ring substituents is 1. The predicted octanol–water partition coefficient (Wildman–Crippen LogP) is 5.89. The summed E-state index contributed by atoms with van der Waals surface area (Å²) in [6.45, 7) is 0.252. The lowest BCUT2D eigenvalue weighted by molar-refractivity contribution is -0.384. The van der Waals surface area contributed by atoms with Gasteiger partial charge in [0.1, 0.15) is 12.4 Å². The summed E-state index contributed by atoms with van der Waals surface area (Å²) >= 11 is 6.02. The van der Waals surface area contributed by atoms with Crippen molar-refractivity contribution in [2.45, 2.75) is 6.61 Å². The van der Waals surface area contributed by atoms with Crippen LogP contribution in [0.2, 0.25) is 5.02 Å². The molecular weight excluding hydrogens is 376 g/mol. The first-order chi connectivity index (χ1) is 13.6. The van der Waals surface area contributed by atoms with Crippen LogP contribution >= 0.6 is 11.6 Å². The van der Waals surface area contributed by atoms with Crippen LogP contribution in [0.25, 0.3) is 11.6 Å². The highest BCUT2D eigenvalue weighted by Crippen LogP contribution is 2.26. The second-order valence-electron chi connectivity index (χ2n) is 5.93. The Bertz CT molecular complexity index is 1070. The molecule has 0 aromatic heterocycles. The van der Waals surface area contributed by atoms with Gasteiger partial charge in [0.2, 0.25) is 0 Å². The fraction of sp³-hybridized carbons (Fsp3) is 0.0455. The molecule has 3 aromatic carbocycles. The second-order valence-corrected chi connectivity index (χ2v) is 6.37. The van der Waals surface area contributed by atoms with E-state index in [4.69, 9.17) is 16.3 Å². The van der Waals surface area contributed by atoms with Crippen LogP contribution in [-0.2, 0) is 6.61 Å². The molecule has 0 aliphatic heterocycles. The summed E-state index contributed by atoms with van der Waals surface area (Å²) in [7, 11) is 0. The van der Waals surface area contributed by atoms with Crippen molar-refractivity contribution < 1.29 is 9.66 Å². The number of nitriles is 1. The summed E-state index contributed by atoms with van der Waals surface area (Å²) in [5, 5.41) is 20.8. The number of nitro groups is 1. The number of benzene rings is 3. The molecule has 3 rings (SSSR count). The van der Waals surface area contributed by atoms with Gasteiger partial charge < -0.3 is 4.74 Å². The van der Waals surface area contributed by atoms with Gasteiger partial charge in [-0.25, -0.2) is 0 Å². The summed E-state index contributed by atoms with van der Waals surface area (Å²) in [6, 6.07) is 22.9. The third-order valence-electron chi connectivity index (χ3n) is 4.02. The average Bonchev–Trinajstić information content (AvgIpc) is 2.71. The summed E-state index contributed by atoms with van der Waals surface area (Å²) in [4.78, 5) is 10.3. The minimum Gasteiger partial charge on any atom is -0.488 e. The van der Waals surface area contributed by atoms with E-state index in [0.717, 1.165) is 16.7 Å². The molecule has 0 saturated carbocycles. The molecule has 0 spiro atoms. The van der Waals surface area contributed by atoms with Gasteiger partial charge in [0.05, 0.1) is 16.6 Å². The average molecular weight is 391 g/mol. The van der Waals surface area contributed by atoms with Crippen molar-refractivity contribution in [3.63, 3.8) is 0 Å². The molecule has 28 heavy (non-hydrogen) atoms. The van der Waals surface area contributed by atoms with E-state index < -0.39 is 4.92 Å². The first-order valence-electron chi connectivity index (χ1n) is 8.40. The number of halogens is 1. The molecule has 0 amide bonds. The van der Waals surface area contributed by atoms with E-state index in [0.29, 0.717) is 16.3 Å². The predicted molar refractivity (Wildman–Crippen MR) is 109 cm³/mol. The first kappa shape index (κ1) is 19.2. The zero-order valence-corrected chi connectivity index (χ0v) is 15.5. The Morgan fingerprint density at radius 2 is 1.86 bits per heavy atom. The molecule has 0 unspecified atom stereocenters. The normalized spacial score (nSPS) is 10.9. The van der Waals surface area contributed by atoms with Gasteiger partial charge in [-0.2, -0.15) is 5.26 Å². The number of allylic oxidation sites excluding steroid dienone is 1. The van der Waals surface area contributed by atoms with Crippen molar-refractivity contribution in [1.82, 2.24) is 0 Å². The highest BCUT2D eigenvalue weighted by molar-refractivity contribution is 6.30. The third-order valence-corrected chi connectivity index (χ3v) is 4.25. The van der Waals surface area contributed by atoms with E-state index in [1.165, 1.54) is 12.1 Å². The lowest BCUT2D eigenvalue weighted by atomic mass is 10.0. The highest BCUT2D eigenvalue weighted by atomic mass is 35.5. The molecule has 0 radical (unpaired) electrons. The Morgan fingerprint density at radius 3 is 2.54 bits per heavy atom. The van der Waals surface area contributed by atoms with E-state index in [-0.39, 0.29) is 12.3 Å². The molecule has 0 aliphatic rings. The molecule has 3 aromatic rings. The Balaban J connectivity index is 1.82. The van der Waals surface area contributed by atoms with Crippen LogP contribution in [-0.4, -0.2) is 4.92 Å². The number of non-ortho nitro benzene ring substituents is 1. The van der Waals surface area contributed by atoms with Gasteiger partial charge in [-0.3, -0.25) is 10.1 Å². The second kappa shape index (κ2) is 8.85. The van der Waals surface area contributed by atoms with Gasteiger partial charge in [-0.15, -0.1) is 0 Å². The molecule has 6 heteroatoms. The zero-order chi connectivity index (χ0) is 19.9. The maximum absolute atomic E-state index is 10.7. The van der Waals surface area contributed by atoms with E-state index in [9.17, 15) is 15.4 Å². The van der Waals surface area contributed by atoms with Crippen molar-refractivity contribution in [3.8, 4) is 11.8 Å². The molecule has 0 heterocycles. The molecule has 0 atom stereocenters. The van der Waals surface area contributed by atoms with Gasteiger partial charge in [-0.1, -0.05) is 41.9 Å². The largest absolute Gasteiger partial charge is 0.488 e. The molecule has 0 bridgehead atoms. The third kappa shape index (κ3) is 4.76. The lowest BCUT2D eigenvalue weighted by Gasteiger charge is -2.10. The standard InChI is InChI=1S/C22H15ClN2O3/c23-20-6-3-5-17(13-20)19(14-24)12-18-4-1-2-7-22(18)28-15-16-8-10-21(11-9-16)25(26)27/h1-13H,15H2/b19-12-. The van der Waals surface area contributed by atoms with Crippen LogP contribution in [0.4, 0.5) is 5.69 Å². The van der Waals surface area contributed by atoms with Crippen LogP contribution in [0, 0.1) is 21.4 Å². The molecule has 138 valence electrons. The van der Waals surface area contributed by atoms with Gasteiger partial charge in [0, 0.05) is 22.7 Å². The minimum absolute atomic E-state index is 0.0345. The highest BCUT2D eigenvalue weighted by Gasteiger charge is 2.08. The molecule has 5 nitrogen and oxygen atoms in total. The molecule has 0 saturated heterocycles. The first-order valence-corrected chi connectivity index (χ1v) is 8.77. The van der Waals surface area contributed by atoms with Crippen LogP contribution in [0.5, 0.6) is 5.75 Å². The summed E-state index contributed by atoms with van der Waals surface area (Å²) in [5.41, 5.74) is 2.78. The molecule has 0 N–H and O–H groups in total.